The van der Waals surface area contributed by atoms with Crippen molar-refractivity contribution in [3.63, 3.8) is 0 Å². The van der Waals surface area contributed by atoms with Crippen LogP contribution in [0.25, 0.3) is 0 Å². The third-order valence-electron chi connectivity index (χ3n) is 2.16. The molecule has 0 spiro atoms. The van der Waals surface area contributed by atoms with E-state index in [0.717, 1.165) is 0 Å². The Morgan fingerprint density at radius 1 is 1.36 bits per heavy atom. The summed E-state index contributed by atoms with van der Waals surface area (Å²) in [6, 6.07) is -1.37. The van der Waals surface area contributed by atoms with Gasteiger partial charge < -0.3 is 10.8 Å². The van der Waals surface area contributed by atoms with Crippen molar-refractivity contribution in [3.05, 3.63) is 0 Å². The number of rotatable bonds is 0. The Bertz CT molecular complexity index is 140. The fourth-order valence-electron chi connectivity index (χ4n) is 1.34. The molecule has 2 atom stereocenters. The molecule has 2 nitrogen and oxygen atoms in total. The molecule has 11 heavy (non-hydrogen) atoms. The number of alkyl halides is 2. The molecular weight excluding hydrogens is 152 g/mol. The first-order valence-electron chi connectivity index (χ1n) is 3.85. The van der Waals surface area contributed by atoms with Gasteiger partial charge in [-0.05, 0) is 12.8 Å². The zero-order valence-electron chi connectivity index (χ0n) is 6.26. The van der Waals surface area contributed by atoms with Crippen LogP contribution in [0.15, 0.2) is 0 Å². The van der Waals surface area contributed by atoms with Crippen LogP contribution in [0.4, 0.5) is 8.78 Å². The van der Waals surface area contributed by atoms with E-state index < -0.39 is 18.1 Å². The first-order chi connectivity index (χ1) is 5.04. The minimum Gasteiger partial charge on any atom is -0.391 e. The second-order valence-corrected chi connectivity index (χ2v) is 3.10. The number of aliphatic hydroxyl groups is 1. The van der Waals surface area contributed by atoms with Crippen molar-refractivity contribution in [1.29, 1.82) is 0 Å². The zero-order chi connectivity index (χ0) is 8.48. The molecule has 1 aliphatic carbocycles. The molecule has 1 saturated carbocycles. The van der Waals surface area contributed by atoms with Crippen LogP contribution < -0.4 is 5.73 Å². The standard InChI is InChI=1S/C7H13F2NO/c8-7(9)4-2-1-3-5(11)6(7)10/h5-6,11H,1-4,10H2. The highest BCUT2D eigenvalue weighted by Gasteiger charge is 2.42. The van der Waals surface area contributed by atoms with Crippen LogP contribution in [0.2, 0.25) is 0 Å². The summed E-state index contributed by atoms with van der Waals surface area (Å²) in [5.74, 6) is -2.88. The van der Waals surface area contributed by atoms with Crippen LogP contribution in [-0.4, -0.2) is 23.2 Å². The lowest BCUT2D eigenvalue weighted by atomic mass is 10.0. The Labute approximate surface area is 64.4 Å². The fourth-order valence-corrected chi connectivity index (χ4v) is 1.34. The molecule has 0 saturated heterocycles. The van der Waals surface area contributed by atoms with Gasteiger partial charge in [0, 0.05) is 6.42 Å². The molecule has 0 aromatic carbocycles. The number of halogens is 2. The number of nitrogens with two attached hydrogens (primary N) is 1. The van der Waals surface area contributed by atoms with Gasteiger partial charge in [-0.2, -0.15) is 0 Å². The summed E-state index contributed by atoms with van der Waals surface area (Å²) in [4.78, 5) is 0. The quantitative estimate of drug-likeness (QED) is 0.523. The molecule has 0 radical (unpaired) electrons. The average Bonchev–Trinajstić information content (AvgIpc) is 2.03. The Kier molecular flexibility index (Phi) is 2.44. The van der Waals surface area contributed by atoms with Crippen molar-refractivity contribution in [2.24, 2.45) is 5.73 Å². The van der Waals surface area contributed by atoms with E-state index in [2.05, 4.69) is 0 Å². The van der Waals surface area contributed by atoms with Crippen molar-refractivity contribution < 1.29 is 13.9 Å². The smallest absolute Gasteiger partial charge is 0.265 e. The second kappa shape index (κ2) is 3.03. The lowest BCUT2D eigenvalue weighted by molar-refractivity contribution is -0.0630. The van der Waals surface area contributed by atoms with Gasteiger partial charge in [-0.1, -0.05) is 6.42 Å². The maximum absolute atomic E-state index is 12.8. The third-order valence-corrected chi connectivity index (χ3v) is 2.16. The Morgan fingerprint density at radius 2 is 2.00 bits per heavy atom. The Hall–Kier alpha value is -0.220. The SMILES string of the molecule is NC1C(O)CCCCC1(F)F. The van der Waals surface area contributed by atoms with Crippen molar-refractivity contribution in [3.8, 4) is 0 Å². The Morgan fingerprint density at radius 3 is 2.64 bits per heavy atom. The third kappa shape index (κ3) is 1.87. The van der Waals surface area contributed by atoms with E-state index in [4.69, 9.17) is 10.8 Å². The maximum Gasteiger partial charge on any atom is 0.265 e. The summed E-state index contributed by atoms with van der Waals surface area (Å²) in [5.41, 5.74) is 5.16. The minimum absolute atomic E-state index is 0.189. The van der Waals surface area contributed by atoms with Crippen LogP contribution in [0, 0.1) is 0 Å². The van der Waals surface area contributed by atoms with E-state index in [1.807, 2.05) is 0 Å². The van der Waals surface area contributed by atoms with Gasteiger partial charge in [-0.15, -0.1) is 0 Å². The highest BCUT2D eigenvalue weighted by molar-refractivity contribution is 4.88. The predicted octanol–water partition coefficient (Wildman–Crippen LogP) is 0.884. The molecule has 0 aliphatic heterocycles. The van der Waals surface area contributed by atoms with Crippen molar-refractivity contribution in [2.75, 3.05) is 0 Å². The molecule has 0 aromatic heterocycles. The lowest BCUT2D eigenvalue weighted by Crippen LogP contribution is -2.48. The summed E-state index contributed by atoms with van der Waals surface area (Å²) in [6.07, 6.45) is 0.275. The van der Waals surface area contributed by atoms with Gasteiger partial charge in [-0.25, -0.2) is 8.78 Å². The molecule has 1 rings (SSSR count). The topological polar surface area (TPSA) is 46.2 Å². The van der Waals surface area contributed by atoms with E-state index in [0.29, 0.717) is 19.3 Å². The molecule has 2 unspecified atom stereocenters. The summed E-state index contributed by atoms with van der Waals surface area (Å²) in [6.45, 7) is 0. The van der Waals surface area contributed by atoms with E-state index in [-0.39, 0.29) is 6.42 Å². The summed E-state index contributed by atoms with van der Waals surface area (Å²) < 4.78 is 25.6. The Balaban J connectivity index is 2.65. The van der Waals surface area contributed by atoms with Crippen LogP contribution in [-0.2, 0) is 0 Å². The van der Waals surface area contributed by atoms with E-state index in [9.17, 15) is 8.78 Å². The van der Waals surface area contributed by atoms with Crippen LogP contribution >= 0.6 is 0 Å². The van der Waals surface area contributed by atoms with E-state index >= 15 is 0 Å². The van der Waals surface area contributed by atoms with Gasteiger partial charge in [0.1, 0.15) is 0 Å². The fraction of sp³-hybridized carbons (Fsp3) is 1.00. The molecule has 0 amide bonds. The summed E-state index contributed by atoms with van der Waals surface area (Å²) in [5, 5.41) is 9.09. The van der Waals surface area contributed by atoms with Gasteiger partial charge in [0.15, 0.2) is 0 Å². The zero-order valence-corrected chi connectivity index (χ0v) is 6.26. The van der Waals surface area contributed by atoms with Gasteiger partial charge in [0.05, 0.1) is 12.1 Å². The molecule has 0 bridgehead atoms. The van der Waals surface area contributed by atoms with E-state index in [1.165, 1.54) is 0 Å². The van der Waals surface area contributed by atoms with Gasteiger partial charge in [0.2, 0.25) is 0 Å². The molecular formula is C7H13F2NO. The highest BCUT2D eigenvalue weighted by atomic mass is 19.3. The molecule has 0 heterocycles. The highest BCUT2D eigenvalue weighted by Crippen LogP contribution is 2.30. The van der Waals surface area contributed by atoms with E-state index in [1.54, 1.807) is 0 Å². The van der Waals surface area contributed by atoms with Crippen LogP contribution in [0.5, 0.6) is 0 Å². The largest absolute Gasteiger partial charge is 0.391 e. The first kappa shape index (κ1) is 8.87. The van der Waals surface area contributed by atoms with Crippen LogP contribution in [0.1, 0.15) is 25.7 Å². The molecule has 66 valence electrons. The maximum atomic E-state index is 12.8. The molecule has 4 heteroatoms. The predicted molar refractivity (Wildman–Crippen MR) is 37.4 cm³/mol. The first-order valence-corrected chi connectivity index (χ1v) is 3.85. The number of aliphatic hydroxyl groups excluding tert-OH is 1. The molecule has 0 aromatic rings. The second-order valence-electron chi connectivity index (χ2n) is 3.10. The minimum atomic E-state index is -2.88. The summed E-state index contributed by atoms with van der Waals surface area (Å²) in [7, 11) is 0. The normalized spacial score (nSPS) is 38.2. The van der Waals surface area contributed by atoms with Crippen LogP contribution in [0.3, 0.4) is 0 Å². The monoisotopic (exact) mass is 165 g/mol. The van der Waals surface area contributed by atoms with Gasteiger partial charge in [-0.3, -0.25) is 0 Å². The van der Waals surface area contributed by atoms with Crippen molar-refractivity contribution in [1.82, 2.24) is 0 Å². The van der Waals surface area contributed by atoms with Gasteiger partial charge in [0.25, 0.3) is 5.92 Å². The van der Waals surface area contributed by atoms with Crippen molar-refractivity contribution in [2.45, 2.75) is 43.8 Å². The summed E-state index contributed by atoms with van der Waals surface area (Å²) >= 11 is 0. The lowest BCUT2D eigenvalue weighted by Gasteiger charge is -2.23. The molecule has 1 aliphatic rings. The number of hydrogen-bond acceptors (Lipinski definition) is 2. The van der Waals surface area contributed by atoms with Gasteiger partial charge >= 0.3 is 0 Å². The number of hydrogen-bond donors (Lipinski definition) is 2. The van der Waals surface area contributed by atoms with Crippen molar-refractivity contribution >= 4 is 0 Å². The molecule has 3 N–H and O–H groups in total. The average molecular weight is 165 g/mol. The molecule has 1 fully saturated rings.